The van der Waals surface area contributed by atoms with E-state index in [1.807, 2.05) is 37.3 Å². The van der Waals surface area contributed by atoms with Crippen molar-refractivity contribution in [2.75, 3.05) is 0 Å². The van der Waals surface area contributed by atoms with Crippen LogP contribution in [0.3, 0.4) is 0 Å². The Balaban J connectivity index is 2.27. The lowest BCUT2D eigenvalue weighted by molar-refractivity contribution is -0.0128. The van der Waals surface area contributed by atoms with E-state index in [2.05, 4.69) is 26.3 Å². The minimum atomic E-state index is -0.713. The van der Waals surface area contributed by atoms with E-state index < -0.39 is 6.16 Å². The molecule has 0 amide bonds. The molecule has 4 heteroatoms. The zero-order valence-electron chi connectivity index (χ0n) is 11.4. The van der Waals surface area contributed by atoms with Crippen LogP contribution in [-0.2, 0) is 16.2 Å². The summed E-state index contributed by atoms with van der Waals surface area (Å²) in [6, 6.07) is 9.51. The molecule has 1 aromatic carbocycles. The Kier molecular flexibility index (Phi) is 5.16. The van der Waals surface area contributed by atoms with E-state index in [-0.39, 0.29) is 18.1 Å². The first-order valence-corrected chi connectivity index (χ1v) is 6.02. The maximum absolute atomic E-state index is 11.3. The third kappa shape index (κ3) is 5.19. The van der Waals surface area contributed by atoms with Gasteiger partial charge in [-0.25, -0.2) is 4.79 Å². The average molecular weight is 251 g/mol. The predicted octanol–water partition coefficient (Wildman–Crippen LogP) is 3.28. The van der Waals surface area contributed by atoms with Crippen LogP contribution in [0.4, 0.5) is 4.79 Å². The smallest absolute Gasteiger partial charge is 0.428 e. The molecule has 4 nitrogen and oxygen atoms in total. The molecule has 0 saturated carbocycles. The first kappa shape index (κ1) is 14.5. The number of benzene rings is 1. The number of rotatable bonds is 4. The van der Waals surface area contributed by atoms with E-state index in [1.54, 1.807) is 0 Å². The number of ether oxygens (including phenoxy) is 1. The highest BCUT2D eigenvalue weighted by atomic mass is 16.8. The fourth-order valence-corrected chi connectivity index (χ4v) is 1.06. The topological polar surface area (TPSA) is 47.6 Å². The minimum absolute atomic E-state index is 0.0136. The van der Waals surface area contributed by atoms with Gasteiger partial charge in [-0.3, -0.25) is 0 Å². The summed E-state index contributed by atoms with van der Waals surface area (Å²) in [4.78, 5) is 16.2. The normalized spacial score (nSPS) is 12.9. The van der Waals surface area contributed by atoms with Gasteiger partial charge in [-0.2, -0.15) is 0 Å². The predicted molar refractivity (Wildman–Crippen MR) is 69.8 cm³/mol. The van der Waals surface area contributed by atoms with Gasteiger partial charge in [-0.1, -0.05) is 51.1 Å². The van der Waals surface area contributed by atoms with Gasteiger partial charge in [0.15, 0.2) is 0 Å². The number of carbonyl (C=O) groups is 1. The highest BCUT2D eigenvalue weighted by Crippen LogP contribution is 2.18. The Hall–Kier alpha value is -1.55. The minimum Gasteiger partial charge on any atom is -0.428 e. The third-order valence-electron chi connectivity index (χ3n) is 2.82. The van der Waals surface area contributed by atoms with Crippen LogP contribution in [-0.4, -0.2) is 12.2 Å². The van der Waals surface area contributed by atoms with E-state index in [0.29, 0.717) is 0 Å². The molecule has 1 N–H and O–H groups in total. The van der Waals surface area contributed by atoms with Crippen molar-refractivity contribution >= 4 is 6.16 Å². The molecular formula is C14H21NO3. The highest BCUT2D eigenvalue weighted by molar-refractivity contribution is 5.59. The third-order valence-corrected chi connectivity index (χ3v) is 2.82. The highest BCUT2D eigenvalue weighted by Gasteiger charge is 2.21. The van der Waals surface area contributed by atoms with Crippen LogP contribution in [0.5, 0.6) is 0 Å². The second-order valence-electron chi connectivity index (χ2n) is 5.33. The molecule has 0 radical (unpaired) electrons. The van der Waals surface area contributed by atoms with Gasteiger partial charge >= 0.3 is 6.16 Å². The van der Waals surface area contributed by atoms with Crippen molar-refractivity contribution in [1.82, 2.24) is 5.48 Å². The summed E-state index contributed by atoms with van der Waals surface area (Å²) in [6.07, 6.45) is -0.713. The van der Waals surface area contributed by atoms with Gasteiger partial charge in [0, 0.05) is 6.04 Å². The quantitative estimate of drug-likeness (QED) is 0.659. The summed E-state index contributed by atoms with van der Waals surface area (Å²) < 4.78 is 4.97. The van der Waals surface area contributed by atoms with Crippen molar-refractivity contribution in [2.24, 2.45) is 5.41 Å². The van der Waals surface area contributed by atoms with Crippen LogP contribution in [0.25, 0.3) is 0 Å². The maximum Gasteiger partial charge on any atom is 0.528 e. The molecule has 18 heavy (non-hydrogen) atoms. The Morgan fingerprint density at radius 2 is 1.89 bits per heavy atom. The largest absolute Gasteiger partial charge is 0.528 e. The fraction of sp³-hybridized carbons (Fsp3) is 0.500. The van der Waals surface area contributed by atoms with E-state index in [4.69, 9.17) is 9.57 Å². The Morgan fingerprint density at radius 3 is 2.44 bits per heavy atom. The van der Waals surface area contributed by atoms with E-state index >= 15 is 0 Å². The molecule has 0 aliphatic rings. The van der Waals surface area contributed by atoms with Crippen LogP contribution in [0.2, 0.25) is 0 Å². The Labute approximate surface area is 108 Å². The van der Waals surface area contributed by atoms with Crippen molar-refractivity contribution in [3.63, 3.8) is 0 Å². The van der Waals surface area contributed by atoms with Crippen LogP contribution < -0.4 is 5.48 Å². The number of nitrogens with one attached hydrogen (secondary N) is 1. The number of hydrogen-bond acceptors (Lipinski definition) is 4. The molecule has 1 atom stereocenters. The monoisotopic (exact) mass is 251 g/mol. The first-order valence-electron chi connectivity index (χ1n) is 6.02. The molecule has 0 fully saturated rings. The van der Waals surface area contributed by atoms with Gasteiger partial charge in [-0.05, 0) is 17.9 Å². The van der Waals surface area contributed by atoms with Gasteiger partial charge in [0.25, 0.3) is 0 Å². The van der Waals surface area contributed by atoms with Gasteiger partial charge in [0.1, 0.15) is 6.61 Å². The van der Waals surface area contributed by atoms with E-state index in [9.17, 15) is 4.79 Å². The molecule has 0 aromatic heterocycles. The van der Waals surface area contributed by atoms with Crippen LogP contribution in [0.1, 0.15) is 33.3 Å². The number of carbonyl (C=O) groups excluding carboxylic acids is 1. The second kappa shape index (κ2) is 6.40. The summed E-state index contributed by atoms with van der Waals surface area (Å²) >= 11 is 0. The number of hydroxylamine groups is 1. The zero-order chi connectivity index (χ0) is 13.6. The Morgan fingerprint density at radius 1 is 1.28 bits per heavy atom. The lowest BCUT2D eigenvalue weighted by Crippen LogP contribution is -2.39. The van der Waals surface area contributed by atoms with Crippen molar-refractivity contribution in [2.45, 2.75) is 40.3 Å². The zero-order valence-corrected chi connectivity index (χ0v) is 11.4. The summed E-state index contributed by atoms with van der Waals surface area (Å²) in [5.74, 6) is 0. The van der Waals surface area contributed by atoms with Crippen LogP contribution in [0.15, 0.2) is 30.3 Å². The molecule has 0 aliphatic carbocycles. The van der Waals surface area contributed by atoms with Crippen molar-refractivity contribution in [3.05, 3.63) is 35.9 Å². The molecule has 0 unspecified atom stereocenters. The summed E-state index contributed by atoms with van der Waals surface area (Å²) in [7, 11) is 0. The maximum atomic E-state index is 11.3. The second-order valence-corrected chi connectivity index (χ2v) is 5.33. The van der Waals surface area contributed by atoms with Crippen molar-refractivity contribution in [1.29, 1.82) is 0 Å². The Bertz CT molecular complexity index is 370. The summed E-state index contributed by atoms with van der Waals surface area (Å²) in [6.45, 7) is 8.34. The molecule has 0 bridgehead atoms. The molecule has 0 heterocycles. The van der Waals surface area contributed by atoms with Gasteiger partial charge in [-0.15, -0.1) is 5.48 Å². The van der Waals surface area contributed by atoms with Gasteiger partial charge < -0.3 is 9.57 Å². The molecule has 1 aromatic rings. The van der Waals surface area contributed by atoms with Gasteiger partial charge in [0.05, 0.1) is 0 Å². The van der Waals surface area contributed by atoms with Crippen molar-refractivity contribution < 1.29 is 14.4 Å². The molecule has 0 spiro atoms. The first-order chi connectivity index (χ1) is 8.39. The molecule has 1 rings (SSSR count). The number of hydrogen-bond donors (Lipinski definition) is 1. The average Bonchev–Trinajstić information content (AvgIpc) is 2.33. The SMILES string of the molecule is C[C@H](NOC(=O)OCc1ccccc1)C(C)(C)C. The van der Waals surface area contributed by atoms with E-state index in [0.717, 1.165) is 5.56 Å². The lowest BCUT2D eigenvalue weighted by atomic mass is 9.89. The molecular weight excluding hydrogens is 230 g/mol. The standard InChI is InChI=1S/C14H21NO3/c1-11(14(2,3)4)15-18-13(16)17-10-12-8-6-5-7-9-12/h5-9,11,15H,10H2,1-4H3/t11-/m0/s1. The van der Waals surface area contributed by atoms with Gasteiger partial charge in [0.2, 0.25) is 0 Å². The van der Waals surface area contributed by atoms with Crippen LogP contribution in [0, 0.1) is 5.41 Å². The summed E-state index contributed by atoms with van der Waals surface area (Å²) in [5, 5.41) is 0. The van der Waals surface area contributed by atoms with E-state index in [1.165, 1.54) is 0 Å². The molecule has 0 aliphatic heterocycles. The van der Waals surface area contributed by atoms with Crippen LogP contribution >= 0.6 is 0 Å². The summed E-state index contributed by atoms with van der Waals surface area (Å²) in [5.41, 5.74) is 3.63. The fourth-order valence-electron chi connectivity index (χ4n) is 1.06. The molecule has 100 valence electrons. The van der Waals surface area contributed by atoms with Crippen molar-refractivity contribution in [3.8, 4) is 0 Å². The molecule has 0 saturated heterocycles. The lowest BCUT2D eigenvalue weighted by Gasteiger charge is -2.26.